The molecule has 0 saturated heterocycles. The van der Waals surface area contributed by atoms with Crippen molar-refractivity contribution in [3.8, 4) is 0 Å². The van der Waals surface area contributed by atoms with Crippen LogP contribution < -0.4 is 0 Å². The molecule has 3 nitrogen and oxygen atoms in total. The van der Waals surface area contributed by atoms with E-state index < -0.39 is 0 Å². The van der Waals surface area contributed by atoms with Gasteiger partial charge in [-0.1, -0.05) is 6.92 Å². The Morgan fingerprint density at radius 2 is 1.21 bits per heavy atom. The van der Waals surface area contributed by atoms with Gasteiger partial charge in [0.2, 0.25) is 0 Å². The Balaban J connectivity index is 4.03. The second-order valence-corrected chi connectivity index (χ2v) is 3.30. The van der Waals surface area contributed by atoms with Crippen LogP contribution in [0.15, 0.2) is 0 Å². The van der Waals surface area contributed by atoms with Gasteiger partial charge >= 0.3 is 0 Å². The predicted molar refractivity (Wildman–Crippen MR) is 57.3 cm³/mol. The molecule has 0 unspecified atom stereocenters. The first kappa shape index (κ1) is 13.9. The van der Waals surface area contributed by atoms with E-state index >= 15 is 0 Å². The van der Waals surface area contributed by atoms with E-state index in [4.69, 9.17) is 14.2 Å². The molecule has 86 valence electrons. The Morgan fingerprint density at radius 3 is 1.57 bits per heavy atom. The van der Waals surface area contributed by atoms with Crippen molar-refractivity contribution in [3.05, 3.63) is 0 Å². The summed E-state index contributed by atoms with van der Waals surface area (Å²) in [6.45, 7) is 12.2. The van der Waals surface area contributed by atoms with Gasteiger partial charge in [0.1, 0.15) is 0 Å². The summed E-state index contributed by atoms with van der Waals surface area (Å²) in [5.41, 5.74) is 0. The third-order valence-corrected chi connectivity index (χ3v) is 2.26. The highest BCUT2D eigenvalue weighted by molar-refractivity contribution is 4.65. The highest BCUT2D eigenvalue weighted by atomic mass is 16.7. The third-order valence-electron chi connectivity index (χ3n) is 2.26. The van der Waals surface area contributed by atoms with Crippen LogP contribution in [0.25, 0.3) is 0 Å². The van der Waals surface area contributed by atoms with Crippen LogP contribution in [-0.2, 0) is 14.2 Å². The third kappa shape index (κ3) is 4.94. The summed E-state index contributed by atoms with van der Waals surface area (Å²) in [5, 5.41) is 0. The molecule has 0 aromatic carbocycles. The maximum absolute atomic E-state index is 5.52. The lowest BCUT2D eigenvalue weighted by molar-refractivity contribution is -0.185. The molecule has 0 aromatic heterocycles. The Labute approximate surface area is 87.7 Å². The van der Waals surface area contributed by atoms with Gasteiger partial charge < -0.3 is 14.2 Å². The molecule has 2 atom stereocenters. The van der Waals surface area contributed by atoms with Crippen molar-refractivity contribution in [2.75, 3.05) is 19.8 Å². The van der Waals surface area contributed by atoms with Crippen molar-refractivity contribution >= 4 is 0 Å². The predicted octanol–water partition coefficient (Wildman–Crippen LogP) is 2.45. The van der Waals surface area contributed by atoms with Crippen LogP contribution in [0.5, 0.6) is 0 Å². The zero-order valence-corrected chi connectivity index (χ0v) is 10.1. The first-order chi connectivity index (χ1) is 6.67. The van der Waals surface area contributed by atoms with Gasteiger partial charge in [-0.25, -0.2) is 0 Å². The van der Waals surface area contributed by atoms with E-state index in [0.717, 1.165) is 6.61 Å². The maximum atomic E-state index is 5.52. The van der Waals surface area contributed by atoms with Gasteiger partial charge in [-0.3, -0.25) is 0 Å². The number of hydrogen-bond acceptors (Lipinski definition) is 3. The molecule has 3 heteroatoms. The van der Waals surface area contributed by atoms with E-state index in [-0.39, 0.29) is 18.3 Å². The summed E-state index contributed by atoms with van der Waals surface area (Å²) < 4.78 is 16.5. The molecular formula is C11H24O3. The van der Waals surface area contributed by atoms with Gasteiger partial charge in [0.25, 0.3) is 0 Å². The molecule has 0 saturated carbocycles. The lowest BCUT2D eigenvalue weighted by Gasteiger charge is -2.28. The minimum atomic E-state index is -0.147. The van der Waals surface area contributed by atoms with Gasteiger partial charge in [0.15, 0.2) is 6.29 Å². The van der Waals surface area contributed by atoms with E-state index in [2.05, 4.69) is 13.8 Å². The van der Waals surface area contributed by atoms with Crippen molar-refractivity contribution in [1.82, 2.24) is 0 Å². The molecule has 0 N–H and O–H groups in total. The summed E-state index contributed by atoms with van der Waals surface area (Å²) >= 11 is 0. The summed E-state index contributed by atoms with van der Waals surface area (Å²) in [5.74, 6) is 0.259. The first-order valence-corrected chi connectivity index (χ1v) is 5.52. The zero-order valence-electron chi connectivity index (χ0n) is 10.1. The zero-order chi connectivity index (χ0) is 11.0. The first-order valence-electron chi connectivity index (χ1n) is 5.52. The second kappa shape index (κ2) is 8.21. The van der Waals surface area contributed by atoms with Gasteiger partial charge in [-0.05, 0) is 27.7 Å². The highest BCUT2D eigenvalue weighted by Gasteiger charge is 2.23. The van der Waals surface area contributed by atoms with E-state index in [1.54, 1.807) is 0 Å². The molecule has 0 aliphatic rings. The summed E-state index contributed by atoms with van der Waals surface area (Å²) in [6.07, 6.45) is 0.0228. The molecular weight excluding hydrogens is 180 g/mol. The van der Waals surface area contributed by atoms with E-state index in [0.29, 0.717) is 13.2 Å². The van der Waals surface area contributed by atoms with Crippen LogP contribution >= 0.6 is 0 Å². The van der Waals surface area contributed by atoms with Crippen LogP contribution in [0, 0.1) is 5.92 Å². The fourth-order valence-electron chi connectivity index (χ4n) is 1.32. The van der Waals surface area contributed by atoms with Crippen LogP contribution in [0.4, 0.5) is 0 Å². The second-order valence-electron chi connectivity index (χ2n) is 3.30. The molecule has 0 aliphatic carbocycles. The normalized spacial score (nSPS) is 15.9. The van der Waals surface area contributed by atoms with Gasteiger partial charge in [-0.15, -0.1) is 0 Å². The highest BCUT2D eigenvalue weighted by Crippen LogP contribution is 2.16. The fraction of sp³-hybridized carbons (Fsp3) is 1.00. The minimum absolute atomic E-state index is 0.147. The van der Waals surface area contributed by atoms with Crippen LogP contribution in [0.1, 0.15) is 34.6 Å². The Morgan fingerprint density at radius 1 is 0.786 bits per heavy atom. The van der Waals surface area contributed by atoms with Gasteiger partial charge in [-0.2, -0.15) is 0 Å². The molecule has 0 rings (SSSR count). The van der Waals surface area contributed by atoms with Crippen LogP contribution in [0.2, 0.25) is 0 Å². The van der Waals surface area contributed by atoms with Gasteiger partial charge in [0.05, 0.1) is 6.10 Å². The van der Waals surface area contributed by atoms with Crippen molar-refractivity contribution < 1.29 is 14.2 Å². The molecule has 0 radical (unpaired) electrons. The van der Waals surface area contributed by atoms with E-state index in [9.17, 15) is 0 Å². The standard InChI is InChI=1S/C11H24O3/c1-6-12-10(5)9(4)11(13-7-2)14-8-3/h9-11H,6-8H2,1-5H3/t9-,10-/m1/s1. The lowest BCUT2D eigenvalue weighted by Crippen LogP contribution is -2.34. The molecule has 0 fully saturated rings. The maximum Gasteiger partial charge on any atom is 0.162 e. The molecule has 0 aliphatic heterocycles. The summed E-state index contributed by atoms with van der Waals surface area (Å²) in [7, 11) is 0. The average Bonchev–Trinajstić information content (AvgIpc) is 2.17. The largest absolute Gasteiger partial charge is 0.378 e. The van der Waals surface area contributed by atoms with Gasteiger partial charge in [0, 0.05) is 25.7 Å². The van der Waals surface area contributed by atoms with E-state index in [1.165, 1.54) is 0 Å². The Bertz CT molecular complexity index is 122. The van der Waals surface area contributed by atoms with Crippen molar-refractivity contribution in [3.63, 3.8) is 0 Å². The molecule has 0 bridgehead atoms. The Kier molecular flexibility index (Phi) is 8.14. The van der Waals surface area contributed by atoms with Crippen molar-refractivity contribution in [1.29, 1.82) is 0 Å². The fourth-order valence-corrected chi connectivity index (χ4v) is 1.32. The Hall–Kier alpha value is -0.120. The van der Waals surface area contributed by atoms with Crippen molar-refractivity contribution in [2.24, 2.45) is 5.92 Å². The molecule has 0 aromatic rings. The molecule has 0 spiro atoms. The smallest absolute Gasteiger partial charge is 0.162 e. The minimum Gasteiger partial charge on any atom is -0.378 e. The van der Waals surface area contributed by atoms with Crippen LogP contribution in [0.3, 0.4) is 0 Å². The number of ether oxygens (including phenoxy) is 3. The molecule has 14 heavy (non-hydrogen) atoms. The summed E-state index contributed by atoms with van der Waals surface area (Å²) in [6, 6.07) is 0. The average molecular weight is 204 g/mol. The SMILES string of the molecule is CCOC(OCC)[C@H](C)[C@@H](C)OCC. The topological polar surface area (TPSA) is 27.7 Å². The van der Waals surface area contributed by atoms with Crippen LogP contribution in [-0.4, -0.2) is 32.2 Å². The summed E-state index contributed by atoms with van der Waals surface area (Å²) in [4.78, 5) is 0. The lowest BCUT2D eigenvalue weighted by atomic mass is 10.1. The number of hydrogen-bond donors (Lipinski definition) is 0. The van der Waals surface area contributed by atoms with Crippen molar-refractivity contribution in [2.45, 2.75) is 47.0 Å². The monoisotopic (exact) mass is 204 g/mol. The molecule has 0 heterocycles. The quantitative estimate of drug-likeness (QED) is 0.568. The van der Waals surface area contributed by atoms with E-state index in [1.807, 2.05) is 20.8 Å². The number of rotatable bonds is 8. The molecule has 0 amide bonds.